The minimum atomic E-state index is -0.271. The molecule has 1 aliphatic carbocycles. The number of hydrogen-bond acceptors (Lipinski definition) is 4. The Labute approximate surface area is 95.6 Å². The minimum Gasteiger partial charge on any atom is -0.463 e. The number of carbonyl (C=O) groups excluding carboxylic acids is 1. The smallest absolute Gasteiger partial charge is 0.302 e. The topological polar surface area (TPSA) is 44.8 Å². The molecule has 0 spiro atoms. The van der Waals surface area contributed by atoms with Crippen molar-refractivity contribution in [1.82, 2.24) is 0 Å². The fourth-order valence-electron chi connectivity index (χ4n) is 2.08. The van der Waals surface area contributed by atoms with Gasteiger partial charge < -0.3 is 14.2 Å². The van der Waals surface area contributed by atoms with Crippen LogP contribution in [0.3, 0.4) is 0 Å². The summed E-state index contributed by atoms with van der Waals surface area (Å²) in [5.41, 5.74) is 0. The van der Waals surface area contributed by atoms with Crippen LogP contribution in [-0.2, 0) is 19.0 Å². The first-order valence-electron chi connectivity index (χ1n) is 5.81. The van der Waals surface area contributed by atoms with Gasteiger partial charge in [-0.15, -0.1) is 0 Å². The number of hydrogen-bond donors (Lipinski definition) is 0. The van der Waals surface area contributed by atoms with Gasteiger partial charge in [-0.1, -0.05) is 12.2 Å². The van der Waals surface area contributed by atoms with E-state index in [2.05, 4.69) is 12.2 Å². The summed E-state index contributed by atoms with van der Waals surface area (Å²) in [6.45, 7) is 2.23. The van der Waals surface area contributed by atoms with Gasteiger partial charge in [-0.25, -0.2) is 0 Å². The lowest BCUT2D eigenvalue weighted by molar-refractivity contribution is -0.147. The van der Waals surface area contributed by atoms with Crippen molar-refractivity contribution in [3.8, 4) is 0 Å². The van der Waals surface area contributed by atoms with Gasteiger partial charge in [0.25, 0.3) is 0 Å². The largest absolute Gasteiger partial charge is 0.463 e. The highest BCUT2D eigenvalue weighted by molar-refractivity contribution is 5.65. The first kappa shape index (κ1) is 11.6. The lowest BCUT2D eigenvalue weighted by Crippen LogP contribution is -2.25. The van der Waals surface area contributed by atoms with Crippen molar-refractivity contribution in [2.45, 2.75) is 38.6 Å². The van der Waals surface area contributed by atoms with E-state index in [0.717, 1.165) is 19.3 Å². The van der Waals surface area contributed by atoms with Gasteiger partial charge in [0.15, 0.2) is 6.29 Å². The lowest BCUT2D eigenvalue weighted by Gasteiger charge is -2.23. The summed E-state index contributed by atoms with van der Waals surface area (Å²) in [5.74, 6) is 0.181. The van der Waals surface area contributed by atoms with Gasteiger partial charge >= 0.3 is 5.97 Å². The van der Waals surface area contributed by atoms with Crippen molar-refractivity contribution in [2.75, 3.05) is 13.2 Å². The highest BCUT2D eigenvalue weighted by Crippen LogP contribution is 2.28. The molecule has 0 saturated carbocycles. The van der Waals surface area contributed by atoms with Crippen LogP contribution in [0.4, 0.5) is 0 Å². The molecule has 0 bridgehead atoms. The molecule has 16 heavy (non-hydrogen) atoms. The number of rotatable bonds is 3. The molecule has 4 heteroatoms. The first-order valence-corrected chi connectivity index (χ1v) is 5.81. The monoisotopic (exact) mass is 226 g/mol. The molecule has 1 heterocycles. The lowest BCUT2D eigenvalue weighted by atomic mass is 9.94. The Morgan fingerprint density at radius 1 is 1.50 bits per heavy atom. The molecule has 0 unspecified atom stereocenters. The van der Waals surface area contributed by atoms with Gasteiger partial charge in [-0.05, 0) is 19.3 Å². The number of esters is 1. The summed E-state index contributed by atoms with van der Waals surface area (Å²) in [7, 11) is 0. The van der Waals surface area contributed by atoms with E-state index in [4.69, 9.17) is 14.2 Å². The van der Waals surface area contributed by atoms with E-state index in [0.29, 0.717) is 19.1 Å². The van der Waals surface area contributed by atoms with Crippen LogP contribution in [0, 0.1) is 5.92 Å². The first-order chi connectivity index (χ1) is 7.75. The van der Waals surface area contributed by atoms with Gasteiger partial charge in [-0.3, -0.25) is 4.79 Å². The second-order valence-electron chi connectivity index (χ2n) is 4.31. The van der Waals surface area contributed by atoms with E-state index in [9.17, 15) is 4.79 Å². The third-order valence-corrected chi connectivity index (χ3v) is 2.94. The highest BCUT2D eigenvalue weighted by Gasteiger charge is 2.32. The average Bonchev–Trinajstić information content (AvgIpc) is 2.76. The molecule has 0 amide bonds. The van der Waals surface area contributed by atoms with Crippen molar-refractivity contribution >= 4 is 5.97 Å². The van der Waals surface area contributed by atoms with E-state index in [1.807, 2.05) is 0 Å². The van der Waals surface area contributed by atoms with E-state index >= 15 is 0 Å². The molecule has 0 aromatic rings. The molecule has 0 radical (unpaired) electrons. The summed E-state index contributed by atoms with van der Waals surface area (Å²) in [6.07, 6.45) is 7.39. The molecule has 0 aromatic carbocycles. The summed E-state index contributed by atoms with van der Waals surface area (Å²) in [5, 5.41) is 0. The quantitative estimate of drug-likeness (QED) is 0.542. The zero-order valence-electron chi connectivity index (χ0n) is 9.56. The third-order valence-electron chi connectivity index (χ3n) is 2.94. The molecular formula is C12H18O4. The van der Waals surface area contributed by atoms with Gasteiger partial charge in [0.05, 0.1) is 6.61 Å². The van der Waals surface area contributed by atoms with Crippen LogP contribution in [0.25, 0.3) is 0 Å². The highest BCUT2D eigenvalue weighted by atomic mass is 16.7. The molecule has 3 atom stereocenters. The van der Waals surface area contributed by atoms with Crippen molar-refractivity contribution < 1.29 is 19.0 Å². The maximum absolute atomic E-state index is 10.7. The molecule has 1 saturated heterocycles. The van der Waals surface area contributed by atoms with Crippen molar-refractivity contribution in [3.05, 3.63) is 12.2 Å². The van der Waals surface area contributed by atoms with Crippen molar-refractivity contribution in [2.24, 2.45) is 5.92 Å². The zero-order chi connectivity index (χ0) is 11.4. The summed E-state index contributed by atoms with van der Waals surface area (Å²) < 4.78 is 16.2. The number of allylic oxidation sites excluding steroid dienone is 2. The van der Waals surface area contributed by atoms with Crippen molar-refractivity contribution in [1.29, 1.82) is 0 Å². The van der Waals surface area contributed by atoms with Crippen LogP contribution in [0.15, 0.2) is 12.2 Å². The standard InChI is InChI=1S/C12H18O4/c1-9(13)14-7-11-8-15-12(16-11)10-5-3-2-4-6-10/h2-3,10-12H,4-8H2,1H3/t10-,11-,12+/m0/s1. The summed E-state index contributed by atoms with van der Waals surface area (Å²) in [4.78, 5) is 10.7. The third kappa shape index (κ3) is 3.06. The Bertz CT molecular complexity index is 274. The van der Waals surface area contributed by atoms with Crippen LogP contribution < -0.4 is 0 Å². The number of carbonyl (C=O) groups is 1. The Kier molecular flexibility index (Phi) is 3.96. The second kappa shape index (κ2) is 5.46. The maximum atomic E-state index is 10.7. The van der Waals surface area contributed by atoms with Gasteiger partial charge in [-0.2, -0.15) is 0 Å². The van der Waals surface area contributed by atoms with Gasteiger partial charge in [0.2, 0.25) is 0 Å². The Morgan fingerprint density at radius 2 is 2.38 bits per heavy atom. The summed E-state index contributed by atoms with van der Waals surface area (Å²) in [6, 6.07) is 0. The molecule has 4 nitrogen and oxygen atoms in total. The van der Waals surface area contributed by atoms with Crippen LogP contribution in [0.1, 0.15) is 26.2 Å². The summed E-state index contributed by atoms with van der Waals surface area (Å²) >= 11 is 0. The van der Waals surface area contributed by atoms with Crippen molar-refractivity contribution in [3.63, 3.8) is 0 Å². The van der Waals surface area contributed by atoms with Gasteiger partial charge in [0.1, 0.15) is 12.7 Å². The van der Waals surface area contributed by atoms with E-state index in [1.165, 1.54) is 6.92 Å². The molecule has 0 N–H and O–H groups in total. The Balaban J connectivity index is 1.74. The zero-order valence-corrected chi connectivity index (χ0v) is 9.56. The van der Waals surface area contributed by atoms with Crippen LogP contribution in [-0.4, -0.2) is 31.6 Å². The molecule has 90 valence electrons. The molecule has 0 aromatic heterocycles. The van der Waals surface area contributed by atoms with Crippen LogP contribution in [0.2, 0.25) is 0 Å². The minimum absolute atomic E-state index is 0.0974. The van der Waals surface area contributed by atoms with Gasteiger partial charge in [0, 0.05) is 12.8 Å². The predicted octanol–water partition coefficient (Wildman–Crippen LogP) is 1.65. The molecule has 2 aliphatic rings. The second-order valence-corrected chi connectivity index (χ2v) is 4.31. The molecule has 1 fully saturated rings. The predicted molar refractivity (Wildman–Crippen MR) is 57.7 cm³/mol. The number of ether oxygens (including phenoxy) is 3. The van der Waals surface area contributed by atoms with E-state index < -0.39 is 0 Å². The van der Waals surface area contributed by atoms with E-state index in [1.54, 1.807) is 0 Å². The average molecular weight is 226 g/mol. The van der Waals surface area contributed by atoms with Crippen LogP contribution in [0.5, 0.6) is 0 Å². The SMILES string of the molecule is CC(=O)OC[C@H]1CO[C@@H]([C@H]2CC=CCC2)O1. The Hall–Kier alpha value is -0.870. The molecule has 2 rings (SSSR count). The molecular weight excluding hydrogens is 208 g/mol. The normalized spacial score (nSPS) is 33.9. The fraction of sp³-hybridized carbons (Fsp3) is 0.750. The molecule has 1 aliphatic heterocycles. The maximum Gasteiger partial charge on any atom is 0.302 e. The van der Waals surface area contributed by atoms with E-state index in [-0.39, 0.29) is 18.4 Å². The van der Waals surface area contributed by atoms with Crippen LogP contribution >= 0.6 is 0 Å². The Morgan fingerprint density at radius 3 is 3.06 bits per heavy atom. The fourth-order valence-corrected chi connectivity index (χ4v) is 2.08.